The van der Waals surface area contributed by atoms with Gasteiger partial charge in [-0.1, -0.05) is 42.5 Å². The maximum Gasteiger partial charge on any atom is 0.330 e. The van der Waals surface area contributed by atoms with Crippen LogP contribution in [0, 0.1) is 11.6 Å². The molecule has 9 heteroatoms. The van der Waals surface area contributed by atoms with E-state index < -0.39 is 22.9 Å². The number of nitrogens with two attached hydrogens (primary N) is 1. The first kappa shape index (κ1) is 21.3. The van der Waals surface area contributed by atoms with E-state index >= 15 is 0 Å². The monoisotopic (exact) mass is 416 g/mol. The number of methoxy groups -OCH3 is 1. The van der Waals surface area contributed by atoms with Gasteiger partial charge in [-0.15, -0.1) is 0 Å². The lowest BCUT2D eigenvalue weighted by atomic mass is 10.1. The summed E-state index contributed by atoms with van der Waals surface area (Å²) in [5, 5.41) is 0. The van der Waals surface area contributed by atoms with Crippen LogP contribution in [0.3, 0.4) is 0 Å². The lowest BCUT2D eigenvalue weighted by molar-refractivity contribution is 0.186. The van der Waals surface area contributed by atoms with Crippen molar-refractivity contribution in [2.75, 3.05) is 24.4 Å². The van der Waals surface area contributed by atoms with Gasteiger partial charge >= 0.3 is 5.69 Å². The highest BCUT2D eigenvalue weighted by Crippen LogP contribution is 2.23. The summed E-state index contributed by atoms with van der Waals surface area (Å²) in [4.78, 5) is 28.6. The predicted octanol–water partition coefficient (Wildman–Crippen LogP) is 2.25. The Hall–Kier alpha value is -3.46. The normalized spacial score (nSPS) is 10.9. The van der Waals surface area contributed by atoms with Gasteiger partial charge in [0, 0.05) is 25.8 Å². The maximum atomic E-state index is 14.3. The lowest BCUT2D eigenvalue weighted by Gasteiger charge is -2.26. The standard InChI is InChI=1S/C21H22F2N4O3/c1-30-11-10-27-19(24)18(20(28)25-21(27)29)26(12-14-6-3-2-4-7-14)13-15-8-5-9-16(22)17(15)23/h2-9H,10-13,24H2,1H3,(H,25,28,29). The molecule has 0 amide bonds. The van der Waals surface area contributed by atoms with E-state index in [4.69, 9.17) is 10.5 Å². The number of ether oxygens (including phenoxy) is 1. The summed E-state index contributed by atoms with van der Waals surface area (Å²) in [5.74, 6) is -2.06. The van der Waals surface area contributed by atoms with Gasteiger partial charge in [-0.25, -0.2) is 13.6 Å². The van der Waals surface area contributed by atoms with E-state index in [1.54, 1.807) is 0 Å². The number of benzene rings is 2. The van der Waals surface area contributed by atoms with Crippen molar-refractivity contribution in [1.82, 2.24) is 9.55 Å². The molecule has 1 aromatic heterocycles. The number of nitrogen functional groups attached to an aromatic ring is 1. The molecule has 0 bridgehead atoms. The zero-order chi connectivity index (χ0) is 21.7. The van der Waals surface area contributed by atoms with E-state index in [0.717, 1.165) is 11.6 Å². The molecule has 1 heterocycles. The van der Waals surface area contributed by atoms with Crippen molar-refractivity contribution in [3.05, 3.63) is 92.1 Å². The Bertz CT molecular complexity index is 1130. The number of halogens is 2. The van der Waals surface area contributed by atoms with E-state index in [0.29, 0.717) is 0 Å². The average molecular weight is 416 g/mol. The molecular weight excluding hydrogens is 394 g/mol. The fraction of sp³-hybridized carbons (Fsp3) is 0.238. The van der Waals surface area contributed by atoms with E-state index in [1.807, 2.05) is 30.3 Å². The van der Waals surface area contributed by atoms with Crippen LogP contribution in [0.1, 0.15) is 11.1 Å². The fourth-order valence-electron chi connectivity index (χ4n) is 3.18. The van der Waals surface area contributed by atoms with Crippen molar-refractivity contribution in [3.63, 3.8) is 0 Å². The quantitative estimate of drug-likeness (QED) is 0.588. The number of H-pyrrole nitrogens is 1. The Morgan fingerprint density at radius 3 is 2.50 bits per heavy atom. The molecule has 7 nitrogen and oxygen atoms in total. The number of rotatable bonds is 8. The molecule has 3 rings (SSSR count). The Balaban J connectivity index is 2.11. The Morgan fingerprint density at radius 2 is 1.80 bits per heavy atom. The third-order valence-electron chi connectivity index (χ3n) is 4.66. The minimum absolute atomic E-state index is 0.00165. The minimum Gasteiger partial charge on any atom is -0.383 e. The van der Waals surface area contributed by atoms with Crippen molar-refractivity contribution in [2.24, 2.45) is 0 Å². The molecule has 2 aromatic carbocycles. The number of aromatic amines is 1. The number of nitrogens with one attached hydrogen (secondary N) is 1. The van der Waals surface area contributed by atoms with Gasteiger partial charge in [-0.05, 0) is 11.6 Å². The molecule has 0 fully saturated rings. The summed E-state index contributed by atoms with van der Waals surface area (Å²) in [6.45, 7) is 0.381. The van der Waals surface area contributed by atoms with E-state index in [2.05, 4.69) is 4.98 Å². The maximum absolute atomic E-state index is 14.3. The highest BCUT2D eigenvalue weighted by Gasteiger charge is 2.21. The lowest BCUT2D eigenvalue weighted by Crippen LogP contribution is -2.38. The molecule has 0 spiro atoms. The summed E-state index contributed by atoms with van der Waals surface area (Å²) >= 11 is 0. The van der Waals surface area contributed by atoms with Crippen LogP contribution in [0.15, 0.2) is 58.1 Å². The number of nitrogens with zero attached hydrogens (tertiary/aromatic N) is 2. The molecule has 3 aromatic rings. The molecule has 0 unspecified atom stereocenters. The first-order valence-corrected chi connectivity index (χ1v) is 9.25. The van der Waals surface area contributed by atoms with Crippen LogP contribution in [0.2, 0.25) is 0 Å². The largest absolute Gasteiger partial charge is 0.383 e. The number of hydrogen-bond donors (Lipinski definition) is 2. The molecule has 0 radical (unpaired) electrons. The van der Waals surface area contributed by atoms with Crippen LogP contribution in [-0.2, 0) is 24.4 Å². The number of aromatic nitrogens is 2. The van der Waals surface area contributed by atoms with Gasteiger partial charge in [0.05, 0.1) is 13.2 Å². The van der Waals surface area contributed by atoms with Crippen molar-refractivity contribution in [1.29, 1.82) is 0 Å². The van der Waals surface area contributed by atoms with E-state index in [1.165, 1.54) is 28.7 Å². The molecule has 0 saturated carbocycles. The number of anilines is 2. The highest BCUT2D eigenvalue weighted by molar-refractivity contribution is 5.62. The third-order valence-corrected chi connectivity index (χ3v) is 4.66. The molecule has 158 valence electrons. The Morgan fingerprint density at radius 1 is 1.07 bits per heavy atom. The van der Waals surface area contributed by atoms with Crippen LogP contribution in [0.5, 0.6) is 0 Å². The van der Waals surface area contributed by atoms with Gasteiger partial charge in [0.1, 0.15) is 11.5 Å². The zero-order valence-corrected chi connectivity index (χ0v) is 16.4. The molecule has 30 heavy (non-hydrogen) atoms. The number of hydrogen-bond acceptors (Lipinski definition) is 5. The summed E-state index contributed by atoms with van der Waals surface area (Å²) in [6, 6.07) is 13.0. The Kier molecular flexibility index (Phi) is 6.63. The minimum atomic E-state index is -1.00. The van der Waals surface area contributed by atoms with E-state index in [-0.39, 0.29) is 43.3 Å². The van der Waals surface area contributed by atoms with E-state index in [9.17, 15) is 18.4 Å². The van der Waals surface area contributed by atoms with Crippen molar-refractivity contribution in [3.8, 4) is 0 Å². The van der Waals surface area contributed by atoms with Crippen LogP contribution in [-0.4, -0.2) is 23.3 Å². The van der Waals surface area contributed by atoms with Gasteiger partial charge in [-0.2, -0.15) is 0 Å². The third kappa shape index (κ3) is 4.57. The van der Waals surface area contributed by atoms with Gasteiger partial charge in [0.15, 0.2) is 11.6 Å². The summed E-state index contributed by atoms with van der Waals surface area (Å²) < 4.78 is 34.2. The Labute approximate surface area is 171 Å². The first-order valence-electron chi connectivity index (χ1n) is 9.25. The molecule has 3 N–H and O–H groups in total. The summed E-state index contributed by atoms with van der Waals surface area (Å²) in [7, 11) is 1.47. The van der Waals surface area contributed by atoms with Gasteiger partial charge in [0.25, 0.3) is 5.56 Å². The van der Waals surface area contributed by atoms with Gasteiger partial charge < -0.3 is 15.4 Å². The SMILES string of the molecule is COCCn1c(N)c(N(Cc2ccccc2)Cc2cccc(F)c2F)c(=O)[nH]c1=O. The second-order valence-electron chi connectivity index (χ2n) is 6.69. The van der Waals surface area contributed by atoms with Crippen molar-refractivity contribution in [2.45, 2.75) is 19.6 Å². The molecule has 0 aliphatic carbocycles. The second kappa shape index (κ2) is 9.36. The molecule has 0 aliphatic rings. The first-order chi connectivity index (χ1) is 14.4. The predicted molar refractivity (Wildman–Crippen MR) is 110 cm³/mol. The molecule has 0 aliphatic heterocycles. The summed E-state index contributed by atoms with van der Waals surface area (Å²) in [5.41, 5.74) is 5.67. The van der Waals surface area contributed by atoms with Crippen LogP contribution >= 0.6 is 0 Å². The van der Waals surface area contributed by atoms with Gasteiger partial charge in [0.2, 0.25) is 0 Å². The summed E-state index contributed by atoms with van der Waals surface area (Å²) in [6.07, 6.45) is 0. The highest BCUT2D eigenvalue weighted by atomic mass is 19.2. The van der Waals surface area contributed by atoms with Crippen LogP contribution in [0.25, 0.3) is 0 Å². The molecule has 0 saturated heterocycles. The molecule has 0 atom stereocenters. The van der Waals surface area contributed by atoms with Crippen molar-refractivity contribution < 1.29 is 13.5 Å². The van der Waals surface area contributed by atoms with Gasteiger partial charge in [-0.3, -0.25) is 14.3 Å². The smallest absolute Gasteiger partial charge is 0.330 e. The van der Waals surface area contributed by atoms with Crippen LogP contribution in [0.4, 0.5) is 20.3 Å². The second-order valence-corrected chi connectivity index (χ2v) is 6.69. The molecular formula is C21H22F2N4O3. The fourth-order valence-corrected chi connectivity index (χ4v) is 3.18. The van der Waals surface area contributed by atoms with Crippen LogP contribution < -0.4 is 21.9 Å². The topological polar surface area (TPSA) is 93.3 Å². The average Bonchev–Trinajstić information content (AvgIpc) is 2.71. The zero-order valence-electron chi connectivity index (χ0n) is 16.4. The van der Waals surface area contributed by atoms with Crippen molar-refractivity contribution >= 4 is 11.5 Å².